The number of hydrogen-bond acceptors (Lipinski definition) is 2. The predicted molar refractivity (Wildman–Crippen MR) is 191 cm³/mol. The van der Waals surface area contributed by atoms with Crippen LogP contribution >= 0.6 is 37.2 Å². The molecule has 0 aliphatic rings. The van der Waals surface area contributed by atoms with Crippen molar-refractivity contribution >= 4 is 37.2 Å². The first kappa shape index (κ1) is 46.2. The second-order valence-corrected chi connectivity index (χ2v) is 9.36. The monoisotopic (exact) mass is 738 g/mol. The Morgan fingerprint density at radius 1 is 0.703 bits per heavy atom. The minimum absolute atomic E-state index is 0. The number of benzene rings is 2. The molecule has 216 valence electrons. The van der Waals surface area contributed by atoms with Crippen LogP contribution in [-0.2, 0) is 12.0 Å². The molecule has 1 unspecified atom stereocenters. The van der Waals surface area contributed by atoms with Crippen LogP contribution in [0.3, 0.4) is 0 Å². The van der Waals surface area contributed by atoms with Crippen LogP contribution in [0.1, 0.15) is 112 Å². The van der Waals surface area contributed by atoms with E-state index in [4.69, 9.17) is 0 Å². The highest BCUT2D eigenvalue weighted by Gasteiger charge is 2.32. The fourth-order valence-corrected chi connectivity index (χ4v) is 4.90. The molecule has 0 amide bonds. The minimum atomic E-state index is -0.545. The van der Waals surface area contributed by atoms with E-state index in [1.165, 1.54) is 61.2 Å². The minimum Gasteiger partial charge on any atom is -0.300 e. The molecule has 0 saturated carbocycles. The van der Waals surface area contributed by atoms with Crippen molar-refractivity contribution < 1.29 is 0 Å². The van der Waals surface area contributed by atoms with Crippen molar-refractivity contribution in [2.45, 2.75) is 125 Å². The maximum absolute atomic E-state index is 10.2. The molecule has 2 aromatic carbocycles. The second-order valence-electron chi connectivity index (χ2n) is 9.36. The first-order valence-electron chi connectivity index (χ1n) is 11.7. The Hall–Kier alpha value is -0.650. The van der Waals surface area contributed by atoms with Crippen LogP contribution in [0.5, 0.6) is 0 Å². The molecule has 2 rings (SSSR count). The summed E-state index contributed by atoms with van der Waals surface area (Å²) in [4.78, 5) is 2.32. The molecule has 0 N–H and O–H groups in total. The summed E-state index contributed by atoms with van der Waals surface area (Å²) in [5.41, 5.74) is 14.0. The van der Waals surface area contributed by atoms with Crippen molar-refractivity contribution in [3.8, 4) is 6.07 Å². The molecule has 2 nitrogen and oxygen atoms in total. The highest BCUT2D eigenvalue weighted by molar-refractivity contribution is 15.0. The molecule has 0 bridgehead atoms. The summed E-state index contributed by atoms with van der Waals surface area (Å²) in [5.74, 6) is 0. The molecule has 4 heteroatoms. The van der Waals surface area contributed by atoms with Crippen LogP contribution < -0.4 is 0 Å². The Labute approximate surface area is 257 Å². The summed E-state index contributed by atoms with van der Waals surface area (Å²) in [6.07, 6.45) is 0. The zero-order valence-electron chi connectivity index (χ0n) is 23.1. The molecule has 0 aliphatic carbocycles. The van der Waals surface area contributed by atoms with Gasteiger partial charge in [-0.3, -0.25) is 0 Å². The zero-order valence-corrected chi connectivity index (χ0v) is 27.5. The van der Waals surface area contributed by atoms with E-state index in [9.17, 15) is 5.26 Å². The molecular weight excluding hydrogens is 678 g/mol. The fourth-order valence-electron chi connectivity index (χ4n) is 4.90. The predicted octanol–water partition coefficient (Wildman–Crippen LogP) is 11.7. The lowest BCUT2D eigenvalue weighted by molar-refractivity contribution is 0.279. The van der Waals surface area contributed by atoms with E-state index in [0.29, 0.717) is 6.54 Å². The quantitative estimate of drug-likeness (QED) is 0.286. The molecule has 0 radical (unpaired) electrons. The molecule has 37 heavy (non-hydrogen) atoms. The topological polar surface area (TPSA) is 27.0 Å². The van der Waals surface area contributed by atoms with Gasteiger partial charge in [0.25, 0.3) is 0 Å². The summed E-state index contributed by atoms with van der Waals surface area (Å²) >= 11 is 4.24. The third-order valence-electron chi connectivity index (χ3n) is 7.33. The SMILES string of the molecule is C.C.C.C.CC.Cc1cc(C)c(C)c(C(C)(C#N)CN(C)Cc2c(C)c(C)c(C)c(C)c2C)c1C.II. The number of nitriles is 1. The molecule has 0 fully saturated rings. The molecule has 0 spiro atoms. The van der Waals surface area contributed by atoms with Gasteiger partial charge in [0.05, 0.1) is 11.5 Å². The first-order valence-corrected chi connectivity index (χ1v) is 18.0. The molecule has 2 aromatic rings. The van der Waals surface area contributed by atoms with E-state index in [-0.39, 0.29) is 29.7 Å². The Morgan fingerprint density at radius 3 is 1.35 bits per heavy atom. The second kappa shape index (κ2) is 20.3. The average molecular weight is 739 g/mol. The van der Waals surface area contributed by atoms with Crippen molar-refractivity contribution in [2.24, 2.45) is 0 Å². The van der Waals surface area contributed by atoms with Gasteiger partial charge in [-0.1, -0.05) is 49.6 Å². The number of likely N-dealkylation sites (N-methyl/N-ethyl adjacent to an activating group) is 1. The molecule has 0 heterocycles. The van der Waals surface area contributed by atoms with Gasteiger partial charge < -0.3 is 4.90 Å². The van der Waals surface area contributed by atoms with Gasteiger partial charge in [-0.25, -0.2) is 0 Å². The largest absolute Gasteiger partial charge is 0.300 e. The van der Waals surface area contributed by atoms with Gasteiger partial charge in [0.15, 0.2) is 0 Å². The normalized spacial score (nSPS) is 10.9. The van der Waals surface area contributed by atoms with E-state index < -0.39 is 5.41 Å². The smallest absolute Gasteiger partial charge is 0.0926 e. The van der Waals surface area contributed by atoms with E-state index >= 15 is 0 Å². The average Bonchev–Trinajstić information content (AvgIpc) is 2.80. The molecule has 0 aliphatic heterocycles. The van der Waals surface area contributed by atoms with Crippen LogP contribution in [0.2, 0.25) is 0 Å². The van der Waals surface area contributed by atoms with Gasteiger partial charge in [-0.05, 0) is 137 Å². The van der Waals surface area contributed by atoms with Crippen LogP contribution in [0.4, 0.5) is 0 Å². The molecule has 1 atom stereocenters. The lowest BCUT2D eigenvalue weighted by Crippen LogP contribution is -2.37. The third-order valence-corrected chi connectivity index (χ3v) is 7.33. The number of hydrogen-bond donors (Lipinski definition) is 0. The summed E-state index contributed by atoms with van der Waals surface area (Å²) in [6.45, 7) is 27.4. The Balaban J connectivity index is -0.000000406. The summed E-state index contributed by atoms with van der Waals surface area (Å²) in [7, 11) is 2.15. The molecule has 0 aromatic heterocycles. The van der Waals surface area contributed by atoms with E-state index in [2.05, 4.69) is 131 Å². The van der Waals surface area contributed by atoms with Crippen LogP contribution in [0.25, 0.3) is 0 Å². The zero-order chi connectivity index (χ0) is 26.3. The third kappa shape index (κ3) is 10.4. The van der Waals surface area contributed by atoms with Crippen LogP contribution in [-0.4, -0.2) is 18.5 Å². The van der Waals surface area contributed by atoms with Crippen molar-refractivity contribution in [3.05, 3.63) is 67.3 Å². The number of rotatable bonds is 5. The fraction of sp³-hybridized carbons (Fsp3) is 0.606. The highest BCUT2D eigenvalue weighted by atomic mass is 128. The maximum atomic E-state index is 10.2. The van der Waals surface area contributed by atoms with Gasteiger partial charge >= 0.3 is 0 Å². The number of halogens is 2. The van der Waals surface area contributed by atoms with Crippen molar-refractivity contribution in [2.75, 3.05) is 13.6 Å². The van der Waals surface area contributed by atoms with E-state index in [1.807, 2.05) is 13.8 Å². The van der Waals surface area contributed by atoms with E-state index in [1.54, 1.807) is 0 Å². The summed E-state index contributed by atoms with van der Waals surface area (Å²) in [5, 5.41) is 10.2. The van der Waals surface area contributed by atoms with E-state index in [0.717, 1.165) is 6.54 Å². The highest BCUT2D eigenvalue weighted by Crippen LogP contribution is 2.34. The van der Waals surface area contributed by atoms with Gasteiger partial charge in [0.2, 0.25) is 0 Å². The number of nitrogens with zero attached hydrogens (tertiary/aromatic N) is 2. The molecule has 0 saturated heterocycles. The van der Waals surface area contributed by atoms with Crippen LogP contribution in [0, 0.1) is 73.6 Å². The Kier molecular flexibility index (Phi) is 25.3. The lowest BCUT2D eigenvalue weighted by atomic mass is 9.76. The number of aryl methyl sites for hydroxylation is 2. The van der Waals surface area contributed by atoms with Crippen molar-refractivity contribution in [1.29, 1.82) is 5.26 Å². The van der Waals surface area contributed by atoms with Gasteiger partial charge in [0, 0.05) is 50.3 Å². The van der Waals surface area contributed by atoms with Crippen LogP contribution in [0.15, 0.2) is 6.07 Å². The van der Waals surface area contributed by atoms with Gasteiger partial charge in [-0.15, -0.1) is 0 Å². The summed E-state index contributed by atoms with van der Waals surface area (Å²) < 4.78 is 0. The standard InChI is InChI=1S/C27H38N2.C2H6.4CH4.I2/c1-16-12-17(2)19(4)26(18(16)3)27(10,14-28)15-29(11)13-25-23(8)21(6)20(5)22(7)24(25)9;1-2;;;;;1-2/h12H,13,15H2,1-11H3;1-2H3;4*1H4;. The van der Waals surface area contributed by atoms with Gasteiger partial charge in [0.1, 0.15) is 0 Å². The van der Waals surface area contributed by atoms with Crippen molar-refractivity contribution in [1.82, 2.24) is 4.90 Å². The van der Waals surface area contributed by atoms with Crippen molar-refractivity contribution in [3.63, 3.8) is 0 Å². The Bertz CT molecular complexity index is 948. The molecular formula is C33H60I2N2. The first-order chi connectivity index (χ1) is 15.4. The summed E-state index contributed by atoms with van der Waals surface area (Å²) in [6, 6.07) is 4.90. The lowest BCUT2D eigenvalue weighted by Gasteiger charge is -2.33. The maximum Gasteiger partial charge on any atom is 0.0926 e. The van der Waals surface area contributed by atoms with Gasteiger partial charge in [-0.2, -0.15) is 5.26 Å². The Morgan fingerprint density at radius 2 is 1.03 bits per heavy atom.